The van der Waals surface area contributed by atoms with Crippen LogP contribution < -0.4 is 5.32 Å². The number of hydrogen-bond donors (Lipinski definition) is 1. The Bertz CT molecular complexity index is 2010. The van der Waals surface area contributed by atoms with Gasteiger partial charge in [0.05, 0.1) is 23.8 Å². The number of benzene rings is 3. The van der Waals surface area contributed by atoms with Crippen molar-refractivity contribution in [2.45, 2.75) is 87.9 Å². The number of rotatable bonds is 12. The summed E-state index contributed by atoms with van der Waals surface area (Å²) in [6, 6.07) is 14.3. The number of amides is 3. The van der Waals surface area contributed by atoms with Gasteiger partial charge in [-0.05, 0) is 113 Å². The van der Waals surface area contributed by atoms with Crippen LogP contribution >= 0.6 is 0 Å². The molecule has 0 saturated carbocycles. The average Bonchev–Trinajstić information content (AvgIpc) is 3.77. The highest BCUT2D eigenvalue weighted by Crippen LogP contribution is 2.48. The van der Waals surface area contributed by atoms with Crippen LogP contribution in [0, 0.1) is 5.82 Å². The van der Waals surface area contributed by atoms with Crippen molar-refractivity contribution >= 4 is 17.9 Å². The van der Waals surface area contributed by atoms with E-state index in [0.29, 0.717) is 76.1 Å². The lowest BCUT2D eigenvalue weighted by molar-refractivity contribution is -0.143. The largest absolute Gasteiger partial charge is 0.444 e. The quantitative estimate of drug-likeness (QED) is 0.146. The highest BCUT2D eigenvalue weighted by atomic mass is 19.4. The van der Waals surface area contributed by atoms with Crippen LogP contribution in [0.4, 0.5) is 35.5 Å². The maximum absolute atomic E-state index is 14.1. The second-order valence-electron chi connectivity index (χ2n) is 17.1. The smallest absolute Gasteiger partial charge is 0.416 e. The van der Waals surface area contributed by atoms with Crippen LogP contribution in [-0.2, 0) is 48.8 Å². The number of nitrogens with zero attached hydrogens (tertiary/aromatic N) is 3. The second-order valence-corrected chi connectivity index (χ2v) is 17.1. The van der Waals surface area contributed by atoms with Crippen molar-refractivity contribution in [1.29, 1.82) is 0 Å². The average molecular weight is 865 g/mol. The Labute approximate surface area is 350 Å². The summed E-state index contributed by atoms with van der Waals surface area (Å²) >= 11 is 0. The van der Waals surface area contributed by atoms with E-state index < -0.39 is 64.8 Å². The monoisotopic (exact) mass is 864 g/mol. The van der Waals surface area contributed by atoms with E-state index in [-0.39, 0.29) is 43.1 Å². The zero-order valence-electron chi connectivity index (χ0n) is 34.6. The molecule has 3 aromatic carbocycles. The van der Waals surface area contributed by atoms with E-state index in [1.807, 2.05) is 12.1 Å². The van der Waals surface area contributed by atoms with E-state index in [2.05, 4.69) is 22.3 Å². The number of carbonyl (C=O) groups excluding carboxylic acids is 3. The van der Waals surface area contributed by atoms with Gasteiger partial charge in [0.25, 0.3) is 5.91 Å². The van der Waals surface area contributed by atoms with Crippen molar-refractivity contribution in [3.63, 3.8) is 0 Å². The van der Waals surface area contributed by atoms with Crippen LogP contribution in [0.2, 0.25) is 0 Å². The summed E-state index contributed by atoms with van der Waals surface area (Å²) in [6.07, 6.45) is -8.23. The minimum atomic E-state index is -5.13. The molecule has 6 rings (SSSR count). The van der Waals surface area contributed by atoms with Crippen LogP contribution in [0.15, 0.2) is 66.7 Å². The van der Waals surface area contributed by atoms with Crippen LogP contribution in [0.1, 0.15) is 84.6 Å². The molecule has 1 N–H and O–H groups in total. The number of piperidine rings is 1. The third-order valence-electron chi connectivity index (χ3n) is 11.8. The summed E-state index contributed by atoms with van der Waals surface area (Å²) in [5, 5.41) is 2.69. The van der Waals surface area contributed by atoms with Gasteiger partial charge in [-0.3, -0.25) is 9.59 Å². The third-order valence-corrected chi connectivity index (χ3v) is 11.8. The number of likely N-dealkylation sites (tertiary alicyclic amines) is 1. The van der Waals surface area contributed by atoms with Crippen LogP contribution in [0.5, 0.6) is 0 Å². The van der Waals surface area contributed by atoms with E-state index in [1.54, 1.807) is 32.7 Å². The molecule has 3 aliphatic rings. The normalized spacial score (nSPS) is 20.4. The molecule has 17 heteroatoms. The first-order valence-electron chi connectivity index (χ1n) is 20.2. The fraction of sp³-hybridized carbons (Fsp3) is 0.523. The van der Waals surface area contributed by atoms with Gasteiger partial charge in [-0.15, -0.1) is 0 Å². The van der Waals surface area contributed by atoms with Gasteiger partial charge in [0, 0.05) is 37.7 Å². The number of alkyl carbamates (subject to hydrolysis) is 1. The van der Waals surface area contributed by atoms with Crippen molar-refractivity contribution in [3.8, 4) is 0 Å². The molecule has 2 atom stereocenters. The van der Waals surface area contributed by atoms with Crippen LogP contribution in [-0.4, -0.2) is 104 Å². The molecule has 0 unspecified atom stereocenters. The van der Waals surface area contributed by atoms with Gasteiger partial charge in [-0.25, -0.2) is 9.18 Å². The number of halogens is 7. The molecule has 2 saturated heterocycles. The SMILES string of the molecule is CN(CCCNC(=O)OC(C)(C)C)C(=O)CO[C@H]1Cc2ccccc2C12CCN(CC[C@@]1(c3ccc(F)cc3)CN(C(=O)c3cc(C(F)(F)F)cc(C(F)(F)F)c3)CO1)CC2. The lowest BCUT2D eigenvalue weighted by atomic mass is 9.72. The Hall–Kier alpha value is -4.74. The molecule has 2 fully saturated rings. The minimum Gasteiger partial charge on any atom is -0.444 e. The summed E-state index contributed by atoms with van der Waals surface area (Å²) in [7, 11) is 1.69. The predicted molar refractivity (Wildman–Crippen MR) is 210 cm³/mol. The molecular formula is C44H51F7N4O6. The lowest BCUT2D eigenvalue weighted by Crippen LogP contribution is -2.50. The molecule has 2 heterocycles. The molecule has 10 nitrogen and oxygen atoms in total. The Morgan fingerprint density at radius 2 is 1.56 bits per heavy atom. The van der Waals surface area contributed by atoms with E-state index >= 15 is 0 Å². The van der Waals surface area contributed by atoms with Gasteiger partial charge in [0.1, 0.15) is 30.4 Å². The standard InChI is InChI=1S/C44H51F7N4O6/c1-40(2,3)61-39(58)52-17-7-18-53(4)37(56)26-59-36-24-29-8-5-6-9-35(29)41(36)14-19-54(20-15-41)21-16-42(31-10-12-34(45)13-11-31)27-55(28-60-42)38(57)30-22-32(43(46,47)48)25-33(23-30)44(49,50)51/h5-6,8-13,22-23,25,36H,7,14-21,24,26-28H2,1-4H3,(H,52,58)/t36-,42-/m0/s1. The Balaban J connectivity index is 1.10. The fourth-order valence-corrected chi connectivity index (χ4v) is 8.52. The van der Waals surface area contributed by atoms with Gasteiger partial charge >= 0.3 is 18.4 Å². The summed E-state index contributed by atoms with van der Waals surface area (Å²) in [4.78, 5) is 43.6. The second kappa shape index (κ2) is 17.9. The maximum atomic E-state index is 14.1. The zero-order valence-corrected chi connectivity index (χ0v) is 34.6. The van der Waals surface area contributed by atoms with E-state index in [1.165, 1.54) is 29.8 Å². The van der Waals surface area contributed by atoms with Gasteiger partial charge < -0.3 is 34.2 Å². The summed E-state index contributed by atoms with van der Waals surface area (Å²) in [5.41, 5.74) is -3.38. The third kappa shape index (κ3) is 10.8. The lowest BCUT2D eigenvalue weighted by Gasteiger charge is -2.44. The molecule has 3 aromatic rings. The Morgan fingerprint density at radius 1 is 0.918 bits per heavy atom. The summed E-state index contributed by atoms with van der Waals surface area (Å²) in [6.45, 7) is 7.03. The highest BCUT2D eigenvalue weighted by Gasteiger charge is 2.50. The molecule has 0 radical (unpaired) electrons. The minimum absolute atomic E-state index is 0.0294. The van der Waals surface area contributed by atoms with Gasteiger partial charge in [-0.2, -0.15) is 26.3 Å². The summed E-state index contributed by atoms with van der Waals surface area (Å²) in [5.74, 6) is -1.78. The van der Waals surface area contributed by atoms with Gasteiger partial charge in [-0.1, -0.05) is 36.4 Å². The van der Waals surface area contributed by atoms with Crippen LogP contribution in [0.25, 0.3) is 0 Å². The molecule has 1 aliphatic carbocycles. The number of carbonyl (C=O) groups is 3. The van der Waals surface area contributed by atoms with Crippen molar-refractivity contribution in [2.24, 2.45) is 0 Å². The number of ether oxygens (including phenoxy) is 3. The Kier molecular flexibility index (Phi) is 13.5. The zero-order chi connectivity index (χ0) is 44.4. The fourth-order valence-electron chi connectivity index (χ4n) is 8.52. The molecule has 61 heavy (non-hydrogen) atoms. The van der Waals surface area contributed by atoms with E-state index in [4.69, 9.17) is 14.2 Å². The van der Waals surface area contributed by atoms with Crippen molar-refractivity contribution < 1.29 is 59.3 Å². The number of likely N-dealkylation sites (N-methyl/N-ethyl adjacent to an activating group) is 1. The van der Waals surface area contributed by atoms with Crippen molar-refractivity contribution in [2.75, 3.05) is 59.7 Å². The predicted octanol–water partition coefficient (Wildman–Crippen LogP) is 7.93. The Morgan fingerprint density at radius 3 is 2.18 bits per heavy atom. The number of alkyl halides is 6. The molecular weight excluding hydrogens is 813 g/mol. The number of nitrogens with one attached hydrogen (secondary N) is 1. The van der Waals surface area contributed by atoms with E-state index in [9.17, 15) is 45.1 Å². The molecule has 0 bridgehead atoms. The molecule has 0 aromatic heterocycles. The molecule has 2 aliphatic heterocycles. The first-order chi connectivity index (χ1) is 28.6. The summed E-state index contributed by atoms with van der Waals surface area (Å²) < 4.78 is 114. The topological polar surface area (TPSA) is 101 Å². The van der Waals surface area contributed by atoms with Gasteiger partial charge in [0.15, 0.2) is 0 Å². The number of fused-ring (bicyclic) bond motifs is 2. The van der Waals surface area contributed by atoms with Crippen molar-refractivity contribution in [1.82, 2.24) is 20.0 Å². The van der Waals surface area contributed by atoms with Crippen molar-refractivity contribution in [3.05, 3.63) is 106 Å². The highest BCUT2D eigenvalue weighted by molar-refractivity contribution is 5.95. The van der Waals surface area contributed by atoms with E-state index in [0.717, 1.165) is 10.5 Å². The van der Waals surface area contributed by atoms with Crippen LogP contribution in [0.3, 0.4) is 0 Å². The molecule has 332 valence electrons. The van der Waals surface area contributed by atoms with Gasteiger partial charge in [0.2, 0.25) is 5.91 Å². The molecule has 3 amide bonds. The number of hydrogen-bond acceptors (Lipinski definition) is 7. The first kappa shape index (κ1) is 45.8. The first-order valence-corrected chi connectivity index (χ1v) is 20.2. The maximum Gasteiger partial charge on any atom is 0.416 e. The molecule has 1 spiro atoms.